The Balaban J connectivity index is 1.61. The van der Waals surface area contributed by atoms with Gasteiger partial charge in [-0.05, 0) is 43.4 Å². The second kappa shape index (κ2) is 9.13. The molecule has 3 heterocycles. The van der Waals surface area contributed by atoms with Gasteiger partial charge in [-0.25, -0.2) is 8.42 Å². The summed E-state index contributed by atoms with van der Waals surface area (Å²) in [6.45, 7) is 3.68. The van der Waals surface area contributed by atoms with Gasteiger partial charge in [-0.3, -0.25) is 9.48 Å². The highest BCUT2D eigenvalue weighted by molar-refractivity contribution is 7.89. The van der Waals surface area contributed by atoms with Crippen LogP contribution in [0.15, 0.2) is 41.6 Å². The smallest absolute Gasteiger partial charge is 0.242 e. The van der Waals surface area contributed by atoms with Crippen LogP contribution in [0.25, 0.3) is 10.9 Å². The van der Waals surface area contributed by atoms with Gasteiger partial charge >= 0.3 is 0 Å². The average Bonchev–Trinajstić information content (AvgIpc) is 3.36. The Kier molecular flexibility index (Phi) is 6.45. The number of nitrogens with zero attached hydrogens (tertiary/aromatic N) is 3. The number of benzene rings is 1. The Hall–Kier alpha value is -2.56. The third-order valence-electron chi connectivity index (χ3n) is 5.98. The Bertz CT molecular complexity index is 1210. The fourth-order valence-electron chi connectivity index (χ4n) is 4.05. The van der Waals surface area contributed by atoms with Gasteiger partial charge in [0.1, 0.15) is 11.9 Å². The van der Waals surface area contributed by atoms with Crippen LogP contribution in [-0.2, 0) is 21.4 Å². The van der Waals surface area contributed by atoms with Crippen LogP contribution >= 0.6 is 11.6 Å². The molecule has 1 amide bonds. The maximum atomic E-state index is 13.4. The molecule has 32 heavy (non-hydrogen) atoms. The number of aromatic nitrogens is 3. The van der Waals surface area contributed by atoms with Crippen LogP contribution in [0.3, 0.4) is 0 Å². The summed E-state index contributed by atoms with van der Waals surface area (Å²) < 4.78 is 30.9. The van der Waals surface area contributed by atoms with E-state index in [0.29, 0.717) is 47.3 Å². The molecule has 1 fully saturated rings. The van der Waals surface area contributed by atoms with Crippen LogP contribution < -0.4 is 10.5 Å². The third kappa shape index (κ3) is 4.62. The van der Waals surface area contributed by atoms with Gasteiger partial charge in [0.2, 0.25) is 15.9 Å². The zero-order valence-electron chi connectivity index (χ0n) is 17.8. The van der Waals surface area contributed by atoms with Gasteiger partial charge in [0.05, 0.1) is 16.1 Å². The summed E-state index contributed by atoms with van der Waals surface area (Å²) in [6, 6.07) is 5.57. The molecule has 1 unspecified atom stereocenters. The lowest BCUT2D eigenvalue weighted by Crippen LogP contribution is -2.51. The summed E-state index contributed by atoms with van der Waals surface area (Å²) >= 11 is 6.24. The first-order valence-corrected chi connectivity index (χ1v) is 12.5. The van der Waals surface area contributed by atoms with Crippen LogP contribution in [0.4, 0.5) is 5.82 Å². The summed E-state index contributed by atoms with van der Waals surface area (Å²) in [5.74, 6) is 0.764. The fraction of sp³-hybridized carbons (Fsp3) is 0.429. The number of aryl methyl sites for hydroxylation is 1. The van der Waals surface area contributed by atoms with Gasteiger partial charge < -0.3 is 15.6 Å². The number of rotatable bonds is 7. The number of anilines is 1. The maximum Gasteiger partial charge on any atom is 0.242 e. The molecule has 1 atom stereocenters. The monoisotopic (exact) mass is 478 g/mol. The molecule has 9 nitrogen and oxygen atoms in total. The van der Waals surface area contributed by atoms with Crippen LogP contribution in [0.2, 0.25) is 5.02 Å². The standard InChI is InChI=1S/C21H27ClN6O3S/c1-14-6-10-27(11-7-14)21(29)17(8-12-28-19(23)5-9-25-28)26-32(30,31)18-4-2-3-16-20(18)15(22)13-24-16/h2-5,9,13-14,17,24,26H,6-8,10-12,23H2,1H3. The largest absolute Gasteiger partial charge is 0.384 e. The molecule has 4 rings (SSSR count). The Morgan fingerprint density at radius 1 is 1.34 bits per heavy atom. The number of H-pyrrole nitrogens is 1. The van der Waals surface area contributed by atoms with Crippen molar-refractivity contribution in [3.63, 3.8) is 0 Å². The van der Waals surface area contributed by atoms with Crippen molar-refractivity contribution in [2.24, 2.45) is 5.92 Å². The van der Waals surface area contributed by atoms with Crippen molar-refractivity contribution < 1.29 is 13.2 Å². The first-order valence-electron chi connectivity index (χ1n) is 10.6. The molecule has 1 aromatic carbocycles. The number of nitrogen functional groups attached to an aromatic ring is 1. The second-order valence-corrected chi connectivity index (χ2v) is 10.4. The Morgan fingerprint density at radius 2 is 2.09 bits per heavy atom. The molecule has 0 bridgehead atoms. The van der Waals surface area contributed by atoms with Gasteiger partial charge in [0, 0.05) is 36.7 Å². The number of halogens is 1. The lowest BCUT2D eigenvalue weighted by molar-refractivity contribution is -0.134. The molecule has 11 heteroatoms. The number of likely N-dealkylation sites (tertiary alicyclic amines) is 1. The minimum Gasteiger partial charge on any atom is -0.384 e. The number of fused-ring (bicyclic) bond motifs is 1. The SMILES string of the molecule is CC1CCN(C(=O)C(CCn2nccc2N)NS(=O)(=O)c2cccc3[nH]cc(Cl)c23)CC1. The van der Waals surface area contributed by atoms with E-state index in [0.717, 1.165) is 12.8 Å². The van der Waals surface area contributed by atoms with E-state index in [2.05, 4.69) is 21.7 Å². The van der Waals surface area contributed by atoms with Crippen molar-refractivity contribution in [3.8, 4) is 0 Å². The van der Waals surface area contributed by atoms with Crippen LogP contribution in [0.1, 0.15) is 26.2 Å². The predicted octanol–water partition coefficient (Wildman–Crippen LogP) is 2.60. The average molecular weight is 479 g/mol. The van der Waals surface area contributed by atoms with E-state index < -0.39 is 16.1 Å². The van der Waals surface area contributed by atoms with Crippen molar-refractivity contribution >= 4 is 44.3 Å². The number of carbonyl (C=O) groups is 1. The van der Waals surface area contributed by atoms with Crippen LogP contribution in [-0.4, -0.2) is 53.1 Å². The van der Waals surface area contributed by atoms with Crippen molar-refractivity contribution in [1.29, 1.82) is 0 Å². The summed E-state index contributed by atoms with van der Waals surface area (Å²) in [5.41, 5.74) is 6.50. The first kappa shape index (κ1) is 22.6. The predicted molar refractivity (Wildman–Crippen MR) is 124 cm³/mol. The van der Waals surface area contributed by atoms with Gasteiger partial charge in [-0.15, -0.1) is 0 Å². The van der Waals surface area contributed by atoms with Crippen LogP contribution in [0, 0.1) is 5.92 Å². The molecule has 0 saturated carbocycles. The summed E-state index contributed by atoms with van der Waals surface area (Å²) in [6.07, 6.45) is 5.12. The molecule has 2 aromatic heterocycles. The van der Waals surface area contributed by atoms with Crippen molar-refractivity contribution in [2.75, 3.05) is 18.8 Å². The Labute approximate surface area is 192 Å². The molecule has 172 valence electrons. The molecule has 1 saturated heterocycles. The molecule has 0 spiro atoms. The van der Waals surface area contributed by atoms with E-state index in [1.807, 2.05) is 0 Å². The lowest BCUT2D eigenvalue weighted by atomic mass is 9.98. The van der Waals surface area contributed by atoms with E-state index >= 15 is 0 Å². The minimum atomic E-state index is -4.04. The van der Waals surface area contributed by atoms with E-state index in [9.17, 15) is 13.2 Å². The molecule has 1 aliphatic heterocycles. The van der Waals surface area contributed by atoms with Gasteiger partial charge in [0.15, 0.2) is 0 Å². The lowest BCUT2D eigenvalue weighted by Gasteiger charge is -2.33. The van der Waals surface area contributed by atoms with E-state index in [1.165, 1.54) is 6.07 Å². The molecular formula is C21H27ClN6O3S. The van der Waals surface area contributed by atoms with Crippen LogP contribution in [0.5, 0.6) is 0 Å². The highest BCUT2D eigenvalue weighted by atomic mass is 35.5. The number of nitrogens with two attached hydrogens (primary N) is 1. The van der Waals surface area contributed by atoms with Crippen molar-refractivity contribution in [3.05, 3.63) is 41.7 Å². The number of sulfonamides is 1. The summed E-state index contributed by atoms with van der Waals surface area (Å²) in [4.78, 5) is 18.1. The number of nitrogens with one attached hydrogen (secondary N) is 2. The van der Waals surface area contributed by atoms with E-state index in [1.54, 1.807) is 40.2 Å². The topological polar surface area (TPSA) is 126 Å². The van der Waals surface area contributed by atoms with Gasteiger partial charge in [-0.1, -0.05) is 24.6 Å². The summed E-state index contributed by atoms with van der Waals surface area (Å²) in [5, 5.41) is 4.84. The molecular weight excluding hydrogens is 452 g/mol. The van der Waals surface area contributed by atoms with Crippen molar-refractivity contribution in [1.82, 2.24) is 24.4 Å². The van der Waals surface area contributed by atoms with Crippen molar-refractivity contribution in [2.45, 2.75) is 43.7 Å². The number of hydrogen-bond donors (Lipinski definition) is 3. The first-order chi connectivity index (χ1) is 15.3. The number of carbonyl (C=O) groups excluding carboxylic acids is 1. The minimum absolute atomic E-state index is 0.0323. The Morgan fingerprint density at radius 3 is 2.78 bits per heavy atom. The second-order valence-electron chi connectivity index (χ2n) is 8.26. The van der Waals surface area contributed by atoms with E-state index in [4.69, 9.17) is 17.3 Å². The zero-order chi connectivity index (χ0) is 22.9. The molecule has 3 aromatic rings. The molecule has 1 aliphatic rings. The maximum absolute atomic E-state index is 13.4. The highest BCUT2D eigenvalue weighted by Gasteiger charge is 2.32. The number of hydrogen-bond acceptors (Lipinski definition) is 5. The fourth-order valence-corrected chi connectivity index (χ4v) is 5.83. The zero-order valence-corrected chi connectivity index (χ0v) is 19.4. The molecule has 0 aliphatic carbocycles. The molecule has 4 N–H and O–H groups in total. The normalized spacial score (nSPS) is 16.5. The summed E-state index contributed by atoms with van der Waals surface area (Å²) in [7, 11) is -4.04. The number of piperidine rings is 1. The van der Waals surface area contributed by atoms with E-state index in [-0.39, 0.29) is 17.2 Å². The third-order valence-corrected chi connectivity index (χ3v) is 7.79. The quantitative estimate of drug-likeness (QED) is 0.481. The number of amides is 1. The molecule has 0 radical (unpaired) electrons. The number of aromatic amines is 1. The van der Waals surface area contributed by atoms with Gasteiger partial charge in [0.25, 0.3) is 0 Å². The van der Waals surface area contributed by atoms with Gasteiger partial charge in [-0.2, -0.15) is 9.82 Å². The highest BCUT2D eigenvalue weighted by Crippen LogP contribution is 2.30.